The van der Waals surface area contributed by atoms with Crippen molar-refractivity contribution in [2.75, 3.05) is 0 Å². The highest BCUT2D eigenvalue weighted by Gasteiger charge is 2.09. The fourth-order valence-corrected chi connectivity index (χ4v) is 1.96. The maximum absolute atomic E-state index is 4.68. The van der Waals surface area contributed by atoms with Gasteiger partial charge in [0.1, 0.15) is 11.3 Å². The van der Waals surface area contributed by atoms with Crippen LogP contribution in [0, 0.1) is 3.70 Å². The highest BCUT2D eigenvalue weighted by atomic mass is 127. The van der Waals surface area contributed by atoms with Gasteiger partial charge in [0.25, 0.3) is 0 Å². The number of imidazole rings is 1. The number of nitrogens with zero attached hydrogens (tertiary/aromatic N) is 4. The first kappa shape index (κ1) is 8.84. The summed E-state index contributed by atoms with van der Waals surface area (Å²) in [5.74, 6) is 0.509. The predicted molar refractivity (Wildman–Crippen MR) is 61.2 cm³/mol. The van der Waals surface area contributed by atoms with Crippen LogP contribution >= 0.6 is 22.6 Å². The second-order valence-corrected chi connectivity index (χ2v) is 4.06. The van der Waals surface area contributed by atoms with Crippen molar-refractivity contribution in [3.8, 4) is 11.5 Å². The third-order valence-corrected chi connectivity index (χ3v) is 2.91. The Bertz CT molecular complexity index is 602. The summed E-state index contributed by atoms with van der Waals surface area (Å²) in [4.78, 5) is 8.34. The van der Waals surface area contributed by atoms with Gasteiger partial charge in [-0.15, -0.1) is 0 Å². The molecule has 15 heavy (non-hydrogen) atoms. The van der Waals surface area contributed by atoms with Gasteiger partial charge in [-0.05, 0) is 34.7 Å². The molecule has 0 spiro atoms. The Balaban J connectivity index is 2.27. The zero-order valence-electron chi connectivity index (χ0n) is 7.46. The van der Waals surface area contributed by atoms with Gasteiger partial charge in [-0.2, -0.15) is 4.98 Å². The summed E-state index contributed by atoms with van der Waals surface area (Å²) in [5, 5.41) is 3.75. The molecule has 0 radical (unpaired) electrons. The molecule has 0 fully saturated rings. The minimum atomic E-state index is 0.509. The lowest BCUT2D eigenvalue weighted by molar-refractivity contribution is 0.418. The summed E-state index contributed by atoms with van der Waals surface area (Å²) in [6.45, 7) is 0. The molecule has 74 valence electrons. The smallest absolute Gasteiger partial charge is 0.222 e. The third kappa shape index (κ3) is 1.41. The Morgan fingerprint density at radius 1 is 1.33 bits per heavy atom. The van der Waals surface area contributed by atoms with Crippen LogP contribution in [0.3, 0.4) is 0 Å². The van der Waals surface area contributed by atoms with Crippen LogP contribution in [-0.2, 0) is 0 Å². The van der Waals surface area contributed by atoms with Gasteiger partial charge < -0.3 is 4.52 Å². The summed E-state index contributed by atoms with van der Waals surface area (Å²) in [6, 6.07) is 5.91. The van der Waals surface area contributed by atoms with E-state index in [2.05, 4.69) is 42.2 Å². The Morgan fingerprint density at radius 3 is 3.00 bits per heavy atom. The summed E-state index contributed by atoms with van der Waals surface area (Å²) in [5.41, 5.74) is 1.59. The first-order valence-electron chi connectivity index (χ1n) is 4.25. The molecule has 5 nitrogen and oxygen atoms in total. The number of aromatic nitrogens is 4. The average molecular weight is 312 g/mol. The normalized spacial score (nSPS) is 11.0. The monoisotopic (exact) mass is 312 g/mol. The maximum Gasteiger partial charge on any atom is 0.222 e. The van der Waals surface area contributed by atoms with Gasteiger partial charge >= 0.3 is 0 Å². The van der Waals surface area contributed by atoms with Crippen LogP contribution in [0.5, 0.6) is 0 Å². The Hall–Kier alpha value is -1.44. The first-order chi connectivity index (χ1) is 7.34. The van der Waals surface area contributed by atoms with Crippen molar-refractivity contribution in [2.45, 2.75) is 0 Å². The molecule has 0 aliphatic heterocycles. The Morgan fingerprint density at radius 2 is 2.27 bits per heavy atom. The van der Waals surface area contributed by atoms with E-state index >= 15 is 0 Å². The zero-order valence-corrected chi connectivity index (χ0v) is 9.62. The van der Waals surface area contributed by atoms with E-state index in [-0.39, 0.29) is 0 Å². The van der Waals surface area contributed by atoms with Gasteiger partial charge in [0, 0.05) is 6.20 Å². The number of pyridine rings is 1. The van der Waals surface area contributed by atoms with Crippen LogP contribution < -0.4 is 0 Å². The van der Waals surface area contributed by atoms with Gasteiger partial charge in [-0.3, -0.25) is 4.40 Å². The second kappa shape index (κ2) is 3.30. The fraction of sp³-hybridized carbons (Fsp3) is 0. The van der Waals surface area contributed by atoms with E-state index in [0.717, 1.165) is 9.35 Å². The van der Waals surface area contributed by atoms with Crippen LogP contribution in [-0.4, -0.2) is 19.5 Å². The topological polar surface area (TPSA) is 56.2 Å². The number of hydrogen-bond donors (Lipinski definition) is 0. The van der Waals surface area contributed by atoms with Crippen molar-refractivity contribution in [3.05, 3.63) is 34.5 Å². The molecule has 0 saturated carbocycles. The largest absolute Gasteiger partial charge is 0.342 e. The van der Waals surface area contributed by atoms with Crippen LogP contribution in [0.2, 0.25) is 0 Å². The molecule has 3 aromatic rings. The minimum absolute atomic E-state index is 0.509. The molecule has 3 heterocycles. The predicted octanol–water partition coefficient (Wildman–Crippen LogP) is 1.99. The molecule has 3 rings (SSSR count). The molecule has 0 saturated heterocycles. The summed E-state index contributed by atoms with van der Waals surface area (Å²) >= 11 is 2.25. The fourth-order valence-electron chi connectivity index (χ4n) is 1.37. The number of hydrogen-bond acceptors (Lipinski definition) is 4. The van der Waals surface area contributed by atoms with Gasteiger partial charge in [-0.1, -0.05) is 11.2 Å². The summed E-state index contributed by atoms with van der Waals surface area (Å²) in [7, 11) is 0. The standard InChI is InChI=1S/C9H5IN4O/c10-7-2-1-3-8-12-6(4-14(7)8)9-11-5-15-13-9/h1-5H. The molecule has 6 heteroatoms. The third-order valence-electron chi connectivity index (χ3n) is 2.03. The lowest BCUT2D eigenvalue weighted by Gasteiger charge is -1.93. The van der Waals surface area contributed by atoms with Crippen molar-refractivity contribution in [3.63, 3.8) is 0 Å². The molecule has 0 bridgehead atoms. The molecule has 3 aromatic heterocycles. The Kier molecular flexibility index (Phi) is 1.94. The van der Waals surface area contributed by atoms with Crippen molar-refractivity contribution in [1.29, 1.82) is 0 Å². The highest BCUT2D eigenvalue weighted by Crippen LogP contribution is 2.17. The summed E-state index contributed by atoms with van der Waals surface area (Å²) < 4.78 is 7.75. The van der Waals surface area contributed by atoms with Crippen molar-refractivity contribution in [2.24, 2.45) is 0 Å². The van der Waals surface area contributed by atoms with Crippen LogP contribution in [0.4, 0.5) is 0 Å². The van der Waals surface area contributed by atoms with E-state index in [9.17, 15) is 0 Å². The van der Waals surface area contributed by atoms with Gasteiger partial charge in [-0.25, -0.2) is 4.98 Å². The molecule has 0 unspecified atom stereocenters. The molecule has 0 atom stereocenters. The maximum atomic E-state index is 4.68. The molecule has 0 N–H and O–H groups in total. The first-order valence-corrected chi connectivity index (χ1v) is 5.33. The quantitative estimate of drug-likeness (QED) is 0.509. The van der Waals surface area contributed by atoms with E-state index in [0.29, 0.717) is 11.5 Å². The number of fused-ring (bicyclic) bond motifs is 1. The average Bonchev–Trinajstić information content (AvgIpc) is 2.86. The van der Waals surface area contributed by atoms with E-state index < -0.39 is 0 Å². The van der Waals surface area contributed by atoms with Crippen molar-refractivity contribution < 1.29 is 4.52 Å². The lowest BCUT2D eigenvalue weighted by atomic mass is 10.5. The van der Waals surface area contributed by atoms with Crippen LogP contribution in [0.1, 0.15) is 0 Å². The molecule has 0 amide bonds. The van der Waals surface area contributed by atoms with Crippen molar-refractivity contribution >= 4 is 28.2 Å². The van der Waals surface area contributed by atoms with Crippen molar-refractivity contribution in [1.82, 2.24) is 19.5 Å². The molecule has 0 aromatic carbocycles. The van der Waals surface area contributed by atoms with Gasteiger partial charge in [0.05, 0.1) is 3.70 Å². The van der Waals surface area contributed by atoms with E-state index in [4.69, 9.17) is 0 Å². The molecule has 0 aliphatic rings. The second-order valence-electron chi connectivity index (χ2n) is 2.96. The Labute approximate surface area is 98.3 Å². The lowest BCUT2D eigenvalue weighted by Crippen LogP contribution is -1.86. The van der Waals surface area contributed by atoms with E-state index in [1.165, 1.54) is 6.39 Å². The van der Waals surface area contributed by atoms with Crippen LogP contribution in [0.25, 0.3) is 17.2 Å². The van der Waals surface area contributed by atoms with E-state index in [1.54, 1.807) is 0 Å². The number of halogens is 1. The molecule has 0 aliphatic carbocycles. The molecular weight excluding hydrogens is 307 g/mol. The summed E-state index contributed by atoms with van der Waals surface area (Å²) in [6.07, 6.45) is 3.19. The van der Waals surface area contributed by atoms with Gasteiger partial charge in [0.2, 0.25) is 12.2 Å². The van der Waals surface area contributed by atoms with Crippen LogP contribution in [0.15, 0.2) is 35.3 Å². The van der Waals surface area contributed by atoms with Gasteiger partial charge in [0.15, 0.2) is 0 Å². The molecular formula is C9H5IN4O. The highest BCUT2D eigenvalue weighted by molar-refractivity contribution is 14.1. The zero-order chi connectivity index (χ0) is 10.3. The number of rotatable bonds is 1. The van der Waals surface area contributed by atoms with E-state index in [1.807, 2.05) is 28.8 Å². The SMILES string of the molecule is Ic1cccc2nc(-c3ncon3)cn12. The minimum Gasteiger partial charge on any atom is -0.342 e.